The van der Waals surface area contributed by atoms with Gasteiger partial charge in [-0.05, 0) is 42.5 Å². The first kappa shape index (κ1) is 15.5. The Bertz CT molecular complexity index is 978. The van der Waals surface area contributed by atoms with Crippen molar-refractivity contribution in [3.63, 3.8) is 0 Å². The summed E-state index contributed by atoms with van der Waals surface area (Å²) >= 11 is 1.51. The standard InChI is InChI=1S/C18H13N3O3S/c22-16-7-8-17(23)21(16)13-4-1-11(2-5-13)18(24)20-12-3-6-14-15(9-12)25-10-19-14/h1-6,9-10H,7-8H2,(H,20,24). The first-order chi connectivity index (χ1) is 12.1. The van der Waals surface area contributed by atoms with Crippen molar-refractivity contribution in [1.82, 2.24) is 4.98 Å². The summed E-state index contributed by atoms with van der Waals surface area (Å²) in [6.07, 6.45) is 0.474. The minimum Gasteiger partial charge on any atom is -0.322 e. The van der Waals surface area contributed by atoms with Gasteiger partial charge in [0, 0.05) is 24.1 Å². The molecule has 0 saturated carbocycles. The molecule has 3 amide bonds. The molecule has 124 valence electrons. The lowest BCUT2D eigenvalue weighted by molar-refractivity contribution is -0.121. The Balaban J connectivity index is 1.52. The zero-order valence-corrected chi connectivity index (χ0v) is 13.9. The maximum atomic E-state index is 12.4. The normalized spacial score (nSPS) is 14.3. The van der Waals surface area contributed by atoms with Crippen molar-refractivity contribution in [2.24, 2.45) is 0 Å². The number of nitrogens with zero attached hydrogens (tertiary/aromatic N) is 2. The van der Waals surface area contributed by atoms with Gasteiger partial charge >= 0.3 is 0 Å². The minimum absolute atomic E-state index is 0.208. The van der Waals surface area contributed by atoms with Crippen molar-refractivity contribution in [3.8, 4) is 0 Å². The number of rotatable bonds is 3. The van der Waals surface area contributed by atoms with Gasteiger partial charge < -0.3 is 5.32 Å². The van der Waals surface area contributed by atoms with E-state index in [1.54, 1.807) is 35.8 Å². The van der Waals surface area contributed by atoms with E-state index >= 15 is 0 Å². The van der Waals surface area contributed by atoms with Crippen LogP contribution in [0.1, 0.15) is 23.2 Å². The smallest absolute Gasteiger partial charge is 0.255 e. The van der Waals surface area contributed by atoms with Gasteiger partial charge in [-0.15, -0.1) is 11.3 Å². The zero-order chi connectivity index (χ0) is 17.4. The van der Waals surface area contributed by atoms with Crippen LogP contribution in [-0.2, 0) is 9.59 Å². The Kier molecular flexibility index (Phi) is 3.77. The van der Waals surface area contributed by atoms with Crippen molar-refractivity contribution < 1.29 is 14.4 Å². The molecule has 0 bridgehead atoms. The summed E-state index contributed by atoms with van der Waals surface area (Å²) in [5.74, 6) is -0.672. The Morgan fingerprint density at radius 3 is 2.48 bits per heavy atom. The van der Waals surface area contributed by atoms with Crippen molar-refractivity contribution in [2.75, 3.05) is 10.2 Å². The third kappa shape index (κ3) is 2.89. The Labute approximate surface area is 147 Å². The van der Waals surface area contributed by atoms with E-state index in [0.717, 1.165) is 10.2 Å². The van der Waals surface area contributed by atoms with Crippen molar-refractivity contribution in [1.29, 1.82) is 0 Å². The fourth-order valence-corrected chi connectivity index (χ4v) is 3.48. The van der Waals surface area contributed by atoms with Gasteiger partial charge in [0.1, 0.15) is 0 Å². The van der Waals surface area contributed by atoms with Crippen LogP contribution < -0.4 is 10.2 Å². The molecule has 0 radical (unpaired) electrons. The van der Waals surface area contributed by atoms with Crippen LogP contribution in [0.5, 0.6) is 0 Å². The number of carbonyl (C=O) groups is 3. The number of hydrogen-bond donors (Lipinski definition) is 1. The summed E-state index contributed by atoms with van der Waals surface area (Å²) in [6.45, 7) is 0. The molecule has 2 aromatic carbocycles. The highest BCUT2D eigenvalue weighted by Gasteiger charge is 2.30. The average molecular weight is 351 g/mol. The maximum absolute atomic E-state index is 12.4. The van der Waals surface area contributed by atoms with Crippen LogP contribution in [-0.4, -0.2) is 22.7 Å². The van der Waals surface area contributed by atoms with Crippen LogP contribution in [0.15, 0.2) is 48.0 Å². The summed E-state index contributed by atoms with van der Waals surface area (Å²) < 4.78 is 0.999. The quantitative estimate of drug-likeness (QED) is 0.735. The highest BCUT2D eigenvalue weighted by Crippen LogP contribution is 2.24. The van der Waals surface area contributed by atoms with Crippen molar-refractivity contribution in [2.45, 2.75) is 12.8 Å². The Hall–Kier alpha value is -3.06. The van der Waals surface area contributed by atoms with Gasteiger partial charge in [0.2, 0.25) is 11.8 Å². The third-order valence-corrected chi connectivity index (χ3v) is 4.82. The van der Waals surface area contributed by atoms with E-state index in [1.165, 1.54) is 16.2 Å². The number of amides is 3. The SMILES string of the molecule is O=C(Nc1ccc2ncsc2c1)c1ccc(N2C(=O)CCC2=O)cc1. The molecule has 0 spiro atoms. The van der Waals surface area contributed by atoms with Gasteiger partial charge in [-0.1, -0.05) is 0 Å². The number of carbonyl (C=O) groups excluding carboxylic acids is 3. The second-order valence-corrected chi connectivity index (χ2v) is 6.55. The van der Waals surface area contributed by atoms with E-state index in [2.05, 4.69) is 10.3 Å². The molecule has 25 heavy (non-hydrogen) atoms. The molecule has 3 aromatic rings. The largest absolute Gasteiger partial charge is 0.322 e. The number of imide groups is 1. The molecule has 6 nitrogen and oxygen atoms in total. The molecule has 1 aliphatic heterocycles. The molecule has 0 aliphatic carbocycles. The highest BCUT2D eigenvalue weighted by atomic mass is 32.1. The van der Waals surface area contributed by atoms with E-state index in [0.29, 0.717) is 16.9 Å². The van der Waals surface area contributed by atoms with Gasteiger partial charge in [-0.2, -0.15) is 0 Å². The number of benzene rings is 2. The van der Waals surface area contributed by atoms with Gasteiger partial charge in [0.25, 0.3) is 5.91 Å². The van der Waals surface area contributed by atoms with E-state index in [-0.39, 0.29) is 30.6 Å². The Morgan fingerprint density at radius 1 is 1.04 bits per heavy atom. The van der Waals surface area contributed by atoms with Crippen molar-refractivity contribution >= 4 is 50.6 Å². The molecule has 4 rings (SSSR count). The van der Waals surface area contributed by atoms with E-state index < -0.39 is 0 Å². The van der Waals surface area contributed by atoms with Crippen LogP contribution in [0.25, 0.3) is 10.2 Å². The van der Waals surface area contributed by atoms with Gasteiger partial charge in [-0.3, -0.25) is 19.3 Å². The summed E-state index contributed by atoms with van der Waals surface area (Å²) in [5, 5.41) is 2.84. The summed E-state index contributed by atoms with van der Waals surface area (Å²) in [5.41, 5.74) is 4.29. The minimum atomic E-state index is -0.255. The summed E-state index contributed by atoms with van der Waals surface area (Å²) in [4.78, 5) is 41.3. The highest BCUT2D eigenvalue weighted by molar-refractivity contribution is 7.16. The number of hydrogen-bond acceptors (Lipinski definition) is 5. The van der Waals surface area contributed by atoms with Crippen LogP contribution in [0.4, 0.5) is 11.4 Å². The molecule has 2 heterocycles. The predicted octanol–water partition coefficient (Wildman–Crippen LogP) is 3.20. The number of anilines is 2. The summed E-state index contributed by atoms with van der Waals surface area (Å²) in [6, 6.07) is 12.0. The lowest BCUT2D eigenvalue weighted by atomic mass is 10.1. The number of fused-ring (bicyclic) bond motifs is 1. The maximum Gasteiger partial charge on any atom is 0.255 e. The second kappa shape index (κ2) is 6.10. The topological polar surface area (TPSA) is 79.4 Å². The van der Waals surface area contributed by atoms with Gasteiger partial charge in [-0.25, -0.2) is 4.98 Å². The lowest BCUT2D eigenvalue weighted by Crippen LogP contribution is -2.28. The third-order valence-electron chi connectivity index (χ3n) is 4.03. The summed E-state index contributed by atoms with van der Waals surface area (Å²) in [7, 11) is 0. The molecule has 0 unspecified atom stereocenters. The molecular weight excluding hydrogens is 338 g/mol. The molecule has 1 saturated heterocycles. The zero-order valence-electron chi connectivity index (χ0n) is 13.1. The Morgan fingerprint density at radius 2 is 1.76 bits per heavy atom. The van der Waals surface area contributed by atoms with Gasteiger partial charge in [0.15, 0.2) is 0 Å². The number of aromatic nitrogens is 1. The fourth-order valence-electron chi connectivity index (χ4n) is 2.76. The van der Waals surface area contributed by atoms with Crippen LogP contribution >= 0.6 is 11.3 Å². The first-order valence-corrected chi connectivity index (χ1v) is 8.60. The molecular formula is C18H13N3O3S. The molecule has 1 N–H and O–H groups in total. The molecule has 1 aromatic heterocycles. The van der Waals surface area contributed by atoms with Gasteiger partial charge in [0.05, 0.1) is 21.4 Å². The van der Waals surface area contributed by atoms with Crippen LogP contribution in [0.2, 0.25) is 0 Å². The molecule has 1 fully saturated rings. The number of thiazole rings is 1. The lowest BCUT2D eigenvalue weighted by Gasteiger charge is -2.14. The average Bonchev–Trinajstić information content (AvgIpc) is 3.21. The fraction of sp³-hybridized carbons (Fsp3) is 0.111. The monoisotopic (exact) mass is 351 g/mol. The molecule has 7 heteroatoms. The van der Waals surface area contributed by atoms with Crippen LogP contribution in [0.3, 0.4) is 0 Å². The number of nitrogens with one attached hydrogen (secondary N) is 1. The van der Waals surface area contributed by atoms with E-state index in [1.807, 2.05) is 12.1 Å². The first-order valence-electron chi connectivity index (χ1n) is 7.72. The van der Waals surface area contributed by atoms with Crippen molar-refractivity contribution in [3.05, 3.63) is 53.5 Å². The molecule has 1 aliphatic rings. The second-order valence-electron chi connectivity index (χ2n) is 5.66. The van der Waals surface area contributed by atoms with Crippen LogP contribution in [0, 0.1) is 0 Å². The van der Waals surface area contributed by atoms with E-state index in [9.17, 15) is 14.4 Å². The molecule has 0 atom stereocenters. The van der Waals surface area contributed by atoms with E-state index in [4.69, 9.17) is 0 Å². The predicted molar refractivity (Wildman–Crippen MR) is 95.7 cm³/mol.